The Morgan fingerprint density at radius 2 is 2.00 bits per heavy atom. The molecule has 142 valence electrons. The van der Waals surface area contributed by atoms with Crippen LogP contribution in [0.15, 0.2) is 18.2 Å². The Bertz CT molecular complexity index is 540. The first kappa shape index (κ1) is 20.5. The van der Waals surface area contributed by atoms with E-state index in [4.69, 9.17) is 9.47 Å². The van der Waals surface area contributed by atoms with Crippen LogP contribution in [0.5, 0.6) is 5.75 Å². The summed E-state index contributed by atoms with van der Waals surface area (Å²) in [4.78, 5) is 2.45. The largest absolute Gasteiger partial charge is 0.496 e. The van der Waals surface area contributed by atoms with E-state index in [9.17, 15) is 5.11 Å². The Kier molecular flexibility index (Phi) is 8.01. The average molecular weight is 370 g/mol. The minimum Gasteiger partial charge on any atom is -0.496 e. The van der Waals surface area contributed by atoms with Gasteiger partial charge < -0.3 is 14.6 Å². The molecule has 1 aliphatic carbocycles. The van der Waals surface area contributed by atoms with E-state index in [1.807, 2.05) is 6.07 Å². The Morgan fingerprint density at radius 3 is 2.68 bits per heavy atom. The molecule has 3 rings (SSSR count). The third-order valence-corrected chi connectivity index (χ3v) is 5.51. The van der Waals surface area contributed by atoms with E-state index in [1.54, 1.807) is 7.11 Å². The van der Waals surface area contributed by atoms with E-state index in [0.717, 1.165) is 44.7 Å². The van der Waals surface area contributed by atoms with Crippen LogP contribution in [0, 0.1) is 6.92 Å². The molecule has 0 amide bonds. The van der Waals surface area contributed by atoms with Gasteiger partial charge in [0.2, 0.25) is 0 Å². The molecule has 0 bridgehead atoms. The number of benzene rings is 1. The number of hydrogen-bond acceptors (Lipinski definition) is 4. The van der Waals surface area contributed by atoms with Gasteiger partial charge in [0.05, 0.1) is 25.9 Å². The molecule has 2 fully saturated rings. The molecule has 1 aromatic rings. The highest BCUT2D eigenvalue weighted by atomic mass is 35.5. The maximum absolute atomic E-state index is 9.82. The third kappa shape index (κ3) is 5.33. The smallest absolute Gasteiger partial charge is 0.121 e. The van der Waals surface area contributed by atoms with Gasteiger partial charge in [-0.1, -0.05) is 25.0 Å². The molecule has 2 aliphatic rings. The van der Waals surface area contributed by atoms with Gasteiger partial charge in [0.25, 0.3) is 0 Å². The zero-order chi connectivity index (χ0) is 16.9. The lowest BCUT2D eigenvalue weighted by Gasteiger charge is -2.37. The van der Waals surface area contributed by atoms with E-state index >= 15 is 0 Å². The number of aliphatic hydroxyl groups excluding tert-OH is 1. The summed E-state index contributed by atoms with van der Waals surface area (Å²) in [6, 6.07) is 6.86. The summed E-state index contributed by atoms with van der Waals surface area (Å²) >= 11 is 0. The first-order valence-electron chi connectivity index (χ1n) is 9.34. The van der Waals surface area contributed by atoms with Crippen LogP contribution in [-0.2, 0) is 11.2 Å². The van der Waals surface area contributed by atoms with Gasteiger partial charge in [-0.15, -0.1) is 12.4 Å². The standard InChI is InChI=1S/C20H31NO3.ClH/c1-15-13-16(7-8-19(15)23-2)10-12-24-20-6-4-3-5-18(20)21-11-9-17(22)14-21;/h7-8,13,17-18,20,22H,3-6,9-12,14H2,1-2H3;1H/t17?,18?,20-;/m0./s1. The second-order valence-corrected chi connectivity index (χ2v) is 7.25. The highest BCUT2D eigenvalue weighted by Crippen LogP contribution is 2.28. The van der Waals surface area contributed by atoms with Crippen LogP contribution in [0.1, 0.15) is 43.2 Å². The molecule has 1 aliphatic heterocycles. The SMILES string of the molecule is COc1ccc(CCO[C@H]2CCCCC2N2CCC(O)C2)cc1C.Cl. The maximum atomic E-state index is 9.82. The minimum absolute atomic E-state index is 0. The summed E-state index contributed by atoms with van der Waals surface area (Å²) in [5.41, 5.74) is 2.48. The summed E-state index contributed by atoms with van der Waals surface area (Å²) in [7, 11) is 1.71. The number of β-amino-alcohol motifs (C(OH)–C–C–N with tert-alkyl or cyclic N) is 1. The molecule has 3 atom stereocenters. The van der Waals surface area contributed by atoms with Gasteiger partial charge in [0, 0.05) is 19.1 Å². The lowest BCUT2D eigenvalue weighted by atomic mass is 9.91. The van der Waals surface area contributed by atoms with Crippen molar-refractivity contribution in [2.45, 2.75) is 63.7 Å². The molecule has 2 unspecified atom stereocenters. The predicted octanol–water partition coefficient (Wildman–Crippen LogP) is 3.36. The number of ether oxygens (including phenoxy) is 2. The van der Waals surface area contributed by atoms with Gasteiger partial charge in [-0.3, -0.25) is 4.90 Å². The van der Waals surface area contributed by atoms with Crippen molar-refractivity contribution in [2.75, 3.05) is 26.8 Å². The number of hydrogen-bond donors (Lipinski definition) is 1. The molecular formula is C20H32ClNO3. The number of aryl methyl sites for hydroxylation is 1. The summed E-state index contributed by atoms with van der Waals surface area (Å²) in [5, 5.41) is 9.82. The summed E-state index contributed by atoms with van der Waals surface area (Å²) in [6.45, 7) is 4.69. The monoisotopic (exact) mass is 369 g/mol. The second-order valence-electron chi connectivity index (χ2n) is 7.25. The van der Waals surface area contributed by atoms with E-state index in [-0.39, 0.29) is 18.5 Å². The number of aliphatic hydroxyl groups is 1. The van der Waals surface area contributed by atoms with Crippen LogP contribution >= 0.6 is 12.4 Å². The van der Waals surface area contributed by atoms with Crippen LogP contribution < -0.4 is 4.74 Å². The van der Waals surface area contributed by atoms with Crippen molar-refractivity contribution in [3.05, 3.63) is 29.3 Å². The van der Waals surface area contributed by atoms with E-state index < -0.39 is 0 Å². The summed E-state index contributed by atoms with van der Waals surface area (Å²) < 4.78 is 11.6. The van der Waals surface area contributed by atoms with Gasteiger partial charge in [0.1, 0.15) is 5.75 Å². The fraction of sp³-hybridized carbons (Fsp3) is 0.700. The van der Waals surface area contributed by atoms with Crippen LogP contribution in [0.25, 0.3) is 0 Å². The molecular weight excluding hydrogens is 338 g/mol. The maximum Gasteiger partial charge on any atom is 0.121 e. The van der Waals surface area contributed by atoms with Crippen LogP contribution in [0.3, 0.4) is 0 Å². The molecule has 5 heteroatoms. The minimum atomic E-state index is -0.144. The lowest BCUT2D eigenvalue weighted by Crippen LogP contribution is -2.46. The van der Waals surface area contributed by atoms with Crippen molar-refractivity contribution in [3.63, 3.8) is 0 Å². The Hall–Kier alpha value is -0.810. The topological polar surface area (TPSA) is 41.9 Å². The second kappa shape index (κ2) is 9.77. The first-order chi connectivity index (χ1) is 11.7. The van der Waals surface area contributed by atoms with E-state index in [1.165, 1.54) is 30.4 Å². The summed E-state index contributed by atoms with van der Waals surface area (Å²) in [6.07, 6.45) is 6.94. The number of likely N-dealkylation sites (tertiary alicyclic amines) is 1. The van der Waals surface area contributed by atoms with Crippen molar-refractivity contribution in [2.24, 2.45) is 0 Å². The highest BCUT2D eigenvalue weighted by Gasteiger charge is 2.34. The molecule has 1 saturated carbocycles. The van der Waals surface area contributed by atoms with Gasteiger partial charge in [-0.2, -0.15) is 0 Å². The van der Waals surface area contributed by atoms with Crippen LogP contribution in [0.2, 0.25) is 0 Å². The molecule has 1 aromatic carbocycles. The number of nitrogens with zero attached hydrogens (tertiary/aromatic N) is 1. The molecule has 1 heterocycles. The number of halogens is 1. The van der Waals surface area contributed by atoms with E-state index in [0.29, 0.717) is 12.1 Å². The molecule has 1 N–H and O–H groups in total. The Labute approximate surface area is 157 Å². The van der Waals surface area contributed by atoms with Crippen molar-refractivity contribution in [1.29, 1.82) is 0 Å². The van der Waals surface area contributed by atoms with E-state index in [2.05, 4.69) is 24.0 Å². The Morgan fingerprint density at radius 1 is 1.20 bits per heavy atom. The van der Waals surface area contributed by atoms with Gasteiger partial charge in [-0.25, -0.2) is 0 Å². The number of rotatable bonds is 6. The van der Waals surface area contributed by atoms with Gasteiger partial charge in [0.15, 0.2) is 0 Å². The number of methoxy groups -OCH3 is 1. The lowest BCUT2D eigenvalue weighted by molar-refractivity contribution is -0.0316. The molecule has 1 saturated heterocycles. The molecule has 0 spiro atoms. The zero-order valence-corrected chi connectivity index (χ0v) is 16.3. The van der Waals surface area contributed by atoms with Crippen LogP contribution in [-0.4, -0.2) is 55.1 Å². The van der Waals surface area contributed by atoms with Gasteiger partial charge in [-0.05, 0) is 49.8 Å². The summed E-state index contributed by atoms with van der Waals surface area (Å²) in [5.74, 6) is 0.944. The van der Waals surface area contributed by atoms with Crippen molar-refractivity contribution >= 4 is 12.4 Å². The molecule has 25 heavy (non-hydrogen) atoms. The first-order valence-corrected chi connectivity index (χ1v) is 9.34. The third-order valence-electron chi connectivity index (χ3n) is 5.51. The van der Waals surface area contributed by atoms with Crippen molar-refractivity contribution < 1.29 is 14.6 Å². The molecule has 0 aromatic heterocycles. The van der Waals surface area contributed by atoms with Crippen molar-refractivity contribution in [1.82, 2.24) is 4.90 Å². The molecule has 4 nitrogen and oxygen atoms in total. The van der Waals surface area contributed by atoms with Gasteiger partial charge >= 0.3 is 0 Å². The quantitative estimate of drug-likeness (QED) is 0.834. The predicted molar refractivity (Wildman–Crippen MR) is 103 cm³/mol. The normalized spacial score (nSPS) is 27.1. The van der Waals surface area contributed by atoms with Crippen LogP contribution in [0.4, 0.5) is 0 Å². The molecule has 0 radical (unpaired) electrons. The van der Waals surface area contributed by atoms with Crippen molar-refractivity contribution in [3.8, 4) is 5.75 Å². The highest BCUT2D eigenvalue weighted by molar-refractivity contribution is 5.85. The zero-order valence-electron chi connectivity index (χ0n) is 15.4. The average Bonchev–Trinajstić information content (AvgIpc) is 3.02. The Balaban J connectivity index is 0.00000225. The fourth-order valence-electron chi connectivity index (χ4n) is 4.18. The fourth-order valence-corrected chi connectivity index (χ4v) is 4.18.